The third kappa shape index (κ3) is 3.99. The van der Waals surface area contributed by atoms with E-state index in [0.717, 1.165) is 27.9 Å². The largest absolute Gasteiger partial charge is 0.469 e. The predicted octanol–water partition coefficient (Wildman–Crippen LogP) is 3.20. The number of carbonyl (C=O) groups excluding carboxylic acids is 1. The normalized spacial score (nSPS) is 12.5. The monoisotopic (exact) mass is 354 g/mol. The van der Waals surface area contributed by atoms with Crippen LogP contribution in [0.1, 0.15) is 28.1 Å². The number of carbonyl (C=O) groups is 1. The molecule has 0 saturated heterocycles. The molecule has 1 unspecified atom stereocenters. The van der Waals surface area contributed by atoms with Crippen LogP contribution in [0.5, 0.6) is 0 Å². The van der Waals surface area contributed by atoms with Crippen LogP contribution in [0.15, 0.2) is 34.9 Å². The summed E-state index contributed by atoms with van der Waals surface area (Å²) in [6, 6.07) is 7.97. The molecular formula is C21H26N2O3. The Morgan fingerprint density at radius 1 is 1.31 bits per heavy atom. The van der Waals surface area contributed by atoms with Crippen LogP contribution in [0.2, 0.25) is 0 Å². The summed E-state index contributed by atoms with van der Waals surface area (Å²) in [6.07, 6.45) is 2.55. The maximum absolute atomic E-state index is 12.5. The zero-order valence-electron chi connectivity index (χ0n) is 15.6. The van der Waals surface area contributed by atoms with E-state index < -0.39 is 0 Å². The standard InChI is InChI=1S/C21H26N2O3/c1-13-7-14(2)21-19(8-13)18(15(3)23-21)10-20(25)22-11-16(12-24)9-17-5-4-6-26-17/h4-8,16,23-24H,9-12H2,1-3H3,(H,22,25). The van der Waals surface area contributed by atoms with Crippen LogP contribution < -0.4 is 5.32 Å². The Hall–Kier alpha value is -2.53. The number of aryl methyl sites for hydroxylation is 3. The number of aromatic nitrogens is 1. The highest BCUT2D eigenvalue weighted by Crippen LogP contribution is 2.26. The minimum atomic E-state index is -0.0568. The van der Waals surface area contributed by atoms with E-state index in [9.17, 15) is 9.90 Å². The lowest BCUT2D eigenvalue weighted by molar-refractivity contribution is -0.120. The Morgan fingerprint density at radius 2 is 2.12 bits per heavy atom. The SMILES string of the molecule is Cc1cc(C)c2[nH]c(C)c(CC(=O)NCC(CO)Cc3ccco3)c2c1. The van der Waals surface area contributed by atoms with E-state index in [-0.39, 0.29) is 18.4 Å². The average molecular weight is 354 g/mol. The van der Waals surface area contributed by atoms with E-state index in [0.29, 0.717) is 19.4 Å². The Balaban J connectivity index is 1.66. The van der Waals surface area contributed by atoms with Gasteiger partial charge in [-0.25, -0.2) is 0 Å². The molecule has 1 atom stereocenters. The van der Waals surface area contributed by atoms with Crippen molar-refractivity contribution in [2.45, 2.75) is 33.6 Å². The van der Waals surface area contributed by atoms with Crippen LogP contribution in [0.4, 0.5) is 0 Å². The fourth-order valence-electron chi connectivity index (χ4n) is 3.46. The molecule has 0 bridgehead atoms. The third-order valence-electron chi connectivity index (χ3n) is 4.82. The smallest absolute Gasteiger partial charge is 0.224 e. The summed E-state index contributed by atoms with van der Waals surface area (Å²) < 4.78 is 5.32. The van der Waals surface area contributed by atoms with Crippen LogP contribution in [0, 0.1) is 26.7 Å². The van der Waals surface area contributed by atoms with Crippen molar-refractivity contribution in [1.29, 1.82) is 0 Å². The van der Waals surface area contributed by atoms with Gasteiger partial charge >= 0.3 is 0 Å². The van der Waals surface area contributed by atoms with Crippen molar-refractivity contribution in [3.8, 4) is 0 Å². The van der Waals surface area contributed by atoms with Crippen molar-refractivity contribution in [2.24, 2.45) is 5.92 Å². The second kappa shape index (κ2) is 7.79. The number of hydrogen-bond donors (Lipinski definition) is 3. The number of fused-ring (bicyclic) bond motifs is 1. The lowest BCUT2D eigenvalue weighted by atomic mass is 10.0. The lowest BCUT2D eigenvalue weighted by Gasteiger charge is -2.14. The van der Waals surface area contributed by atoms with Crippen molar-refractivity contribution in [3.63, 3.8) is 0 Å². The van der Waals surface area contributed by atoms with Gasteiger partial charge in [-0.1, -0.05) is 11.6 Å². The van der Waals surface area contributed by atoms with Gasteiger partial charge in [0.25, 0.3) is 0 Å². The number of furan rings is 1. The summed E-state index contributed by atoms with van der Waals surface area (Å²) in [5.41, 5.74) is 5.54. The van der Waals surface area contributed by atoms with Gasteiger partial charge in [0.2, 0.25) is 5.91 Å². The number of rotatable bonds is 7. The fraction of sp³-hybridized carbons (Fsp3) is 0.381. The number of nitrogens with one attached hydrogen (secondary N) is 2. The number of hydrogen-bond acceptors (Lipinski definition) is 3. The van der Waals surface area contributed by atoms with Gasteiger partial charge in [0.05, 0.1) is 12.7 Å². The molecule has 3 N–H and O–H groups in total. The molecule has 0 spiro atoms. The fourth-order valence-corrected chi connectivity index (χ4v) is 3.46. The van der Waals surface area contributed by atoms with Gasteiger partial charge in [0.1, 0.15) is 5.76 Å². The number of aromatic amines is 1. The molecule has 3 aromatic rings. The van der Waals surface area contributed by atoms with Crippen molar-refractivity contribution in [3.05, 3.63) is 58.7 Å². The molecular weight excluding hydrogens is 328 g/mol. The molecule has 2 aromatic heterocycles. The van der Waals surface area contributed by atoms with Crippen LogP contribution in [0.25, 0.3) is 10.9 Å². The van der Waals surface area contributed by atoms with Crippen LogP contribution in [-0.4, -0.2) is 29.1 Å². The highest BCUT2D eigenvalue weighted by molar-refractivity contribution is 5.92. The van der Waals surface area contributed by atoms with E-state index in [2.05, 4.69) is 36.3 Å². The number of amides is 1. The summed E-state index contributed by atoms with van der Waals surface area (Å²) in [4.78, 5) is 15.9. The quantitative estimate of drug-likeness (QED) is 0.610. The molecule has 26 heavy (non-hydrogen) atoms. The van der Waals surface area contributed by atoms with E-state index in [4.69, 9.17) is 4.42 Å². The molecule has 0 radical (unpaired) electrons. The first-order chi connectivity index (χ1) is 12.5. The Bertz CT molecular complexity index is 894. The lowest BCUT2D eigenvalue weighted by Crippen LogP contribution is -2.32. The topological polar surface area (TPSA) is 78.3 Å². The third-order valence-corrected chi connectivity index (χ3v) is 4.82. The second-order valence-electron chi connectivity index (χ2n) is 7.05. The first-order valence-electron chi connectivity index (χ1n) is 8.96. The molecule has 0 aliphatic carbocycles. The number of H-pyrrole nitrogens is 1. The molecule has 0 aliphatic rings. The molecule has 5 nitrogen and oxygen atoms in total. The predicted molar refractivity (Wildman–Crippen MR) is 102 cm³/mol. The summed E-state index contributed by atoms with van der Waals surface area (Å²) in [5.74, 6) is 0.724. The number of aliphatic hydroxyl groups excluding tert-OH is 1. The zero-order valence-corrected chi connectivity index (χ0v) is 15.6. The van der Waals surface area contributed by atoms with E-state index in [1.54, 1.807) is 6.26 Å². The Kier molecular flexibility index (Phi) is 5.47. The van der Waals surface area contributed by atoms with Crippen LogP contribution in [-0.2, 0) is 17.6 Å². The molecule has 0 aliphatic heterocycles. The summed E-state index contributed by atoms with van der Waals surface area (Å²) >= 11 is 0. The minimum Gasteiger partial charge on any atom is -0.469 e. The van der Waals surface area contributed by atoms with Crippen molar-refractivity contribution in [2.75, 3.05) is 13.2 Å². The Labute approximate surface area is 153 Å². The molecule has 1 amide bonds. The highest BCUT2D eigenvalue weighted by Gasteiger charge is 2.16. The van der Waals surface area contributed by atoms with Crippen molar-refractivity contribution >= 4 is 16.8 Å². The maximum atomic E-state index is 12.5. The summed E-state index contributed by atoms with van der Waals surface area (Å²) in [5, 5.41) is 13.6. The van der Waals surface area contributed by atoms with Gasteiger partial charge in [0, 0.05) is 42.1 Å². The van der Waals surface area contributed by atoms with Crippen LogP contribution in [0.3, 0.4) is 0 Å². The maximum Gasteiger partial charge on any atom is 0.224 e. The average Bonchev–Trinajstić information content (AvgIpc) is 3.21. The number of benzene rings is 1. The molecule has 1 aromatic carbocycles. The van der Waals surface area contributed by atoms with Gasteiger partial charge in [-0.15, -0.1) is 0 Å². The molecule has 5 heteroatoms. The highest BCUT2D eigenvalue weighted by atomic mass is 16.3. The number of aliphatic hydroxyl groups is 1. The molecule has 0 saturated carbocycles. The van der Waals surface area contributed by atoms with Crippen molar-refractivity contribution < 1.29 is 14.3 Å². The summed E-state index contributed by atoms with van der Waals surface area (Å²) in [7, 11) is 0. The Morgan fingerprint density at radius 3 is 2.81 bits per heavy atom. The van der Waals surface area contributed by atoms with E-state index in [1.807, 2.05) is 19.1 Å². The first-order valence-corrected chi connectivity index (χ1v) is 8.96. The van der Waals surface area contributed by atoms with Gasteiger partial charge in [-0.05, 0) is 50.1 Å². The molecule has 3 rings (SSSR count). The van der Waals surface area contributed by atoms with Crippen molar-refractivity contribution in [1.82, 2.24) is 10.3 Å². The van der Waals surface area contributed by atoms with E-state index >= 15 is 0 Å². The van der Waals surface area contributed by atoms with Gasteiger partial charge in [-0.3, -0.25) is 4.79 Å². The van der Waals surface area contributed by atoms with Gasteiger partial charge < -0.3 is 19.8 Å². The van der Waals surface area contributed by atoms with E-state index in [1.165, 1.54) is 11.1 Å². The molecule has 138 valence electrons. The minimum absolute atomic E-state index is 0.00544. The van der Waals surface area contributed by atoms with Crippen LogP contribution >= 0.6 is 0 Å². The molecule has 0 fully saturated rings. The summed E-state index contributed by atoms with van der Waals surface area (Å²) in [6.45, 7) is 6.58. The zero-order chi connectivity index (χ0) is 18.7. The van der Waals surface area contributed by atoms with Gasteiger partial charge in [-0.2, -0.15) is 0 Å². The second-order valence-corrected chi connectivity index (χ2v) is 7.05. The van der Waals surface area contributed by atoms with Gasteiger partial charge in [0.15, 0.2) is 0 Å². The first kappa shape index (κ1) is 18.3. The molecule has 2 heterocycles.